The van der Waals surface area contributed by atoms with E-state index in [1.54, 1.807) is 0 Å². The van der Waals surface area contributed by atoms with Crippen molar-refractivity contribution in [3.05, 3.63) is 0 Å². The number of urea groups is 1. The highest BCUT2D eigenvalue weighted by Crippen LogP contribution is 2.04. The fourth-order valence-corrected chi connectivity index (χ4v) is 3.27. The molecule has 0 heterocycles. The summed E-state index contributed by atoms with van der Waals surface area (Å²) in [5.41, 5.74) is 4.95. The molecular formula is C9H22N2O2Si. The molecule has 84 valence electrons. The number of rotatable bonds is 8. The van der Waals surface area contributed by atoms with Gasteiger partial charge in [-0.3, -0.25) is 0 Å². The van der Waals surface area contributed by atoms with Gasteiger partial charge in [-0.1, -0.05) is 13.8 Å². The number of nitrogens with one attached hydrogen (secondary N) is 1. The van der Waals surface area contributed by atoms with Gasteiger partial charge in [0.25, 0.3) is 0 Å². The normalized spacial score (nSPS) is 12.4. The van der Waals surface area contributed by atoms with Gasteiger partial charge in [-0.25, -0.2) is 4.79 Å². The van der Waals surface area contributed by atoms with Crippen LogP contribution in [0.5, 0.6) is 0 Å². The standard InChI is InChI=1S/C9H22N2O2Si/c1-3-7-13-14(4-2)8-5-6-11-9(10)12/h14H,3-8H2,1-2H3,(H3,10,11,12). The van der Waals surface area contributed by atoms with E-state index < -0.39 is 15.1 Å². The lowest BCUT2D eigenvalue weighted by Gasteiger charge is -2.13. The summed E-state index contributed by atoms with van der Waals surface area (Å²) in [5, 5.41) is 2.59. The summed E-state index contributed by atoms with van der Waals surface area (Å²) in [7, 11) is -0.986. The fraction of sp³-hybridized carbons (Fsp3) is 0.889. The highest BCUT2D eigenvalue weighted by Gasteiger charge is 2.08. The van der Waals surface area contributed by atoms with Crippen LogP contribution in [0, 0.1) is 0 Å². The van der Waals surface area contributed by atoms with E-state index in [-0.39, 0.29) is 0 Å². The van der Waals surface area contributed by atoms with E-state index >= 15 is 0 Å². The molecule has 0 saturated carbocycles. The first-order valence-electron chi connectivity index (χ1n) is 5.35. The third kappa shape index (κ3) is 8.06. The molecule has 0 aliphatic carbocycles. The number of hydrogen-bond acceptors (Lipinski definition) is 2. The first-order valence-corrected chi connectivity index (χ1v) is 7.46. The van der Waals surface area contributed by atoms with Gasteiger partial charge >= 0.3 is 6.03 Å². The third-order valence-electron chi connectivity index (χ3n) is 2.02. The van der Waals surface area contributed by atoms with Crippen molar-refractivity contribution in [3.63, 3.8) is 0 Å². The van der Waals surface area contributed by atoms with E-state index in [2.05, 4.69) is 19.2 Å². The van der Waals surface area contributed by atoms with Crippen LogP contribution in [0.3, 0.4) is 0 Å². The molecule has 1 unspecified atom stereocenters. The number of primary amides is 1. The molecule has 0 aromatic rings. The maximum Gasteiger partial charge on any atom is 0.312 e. The van der Waals surface area contributed by atoms with Crippen LogP contribution in [0.4, 0.5) is 4.79 Å². The smallest absolute Gasteiger partial charge is 0.312 e. The van der Waals surface area contributed by atoms with Gasteiger partial charge < -0.3 is 15.5 Å². The second kappa shape index (κ2) is 9.02. The average molecular weight is 218 g/mol. The zero-order chi connectivity index (χ0) is 10.8. The van der Waals surface area contributed by atoms with Crippen molar-refractivity contribution >= 4 is 15.1 Å². The Morgan fingerprint density at radius 3 is 2.71 bits per heavy atom. The van der Waals surface area contributed by atoms with Crippen molar-refractivity contribution in [2.75, 3.05) is 13.2 Å². The predicted octanol–water partition coefficient (Wildman–Crippen LogP) is 1.22. The predicted molar refractivity (Wildman–Crippen MR) is 60.9 cm³/mol. The van der Waals surface area contributed by atoms with Gasteiger partial charge in [0.2, 0.25) is 0 Å². The van der Waals surface area contributed by atoms with Crippen LogP contribution in [0.15, 0.2) is 0 Å². The molecule has 0 saturated heterocycles. The number of nitrogens with two attached hydrogens (primary N) is 1. The minimum atomic E-state index is -0.986. The van der Waals surface area contributed by atoms with E-state index in [0.29, 0.717) is 6.54 Å². The van der Waals surface area contributed by atoms with Gasteiger partial charge in [-0.05, 0) is 24.9 Å². The molecule has 14 heavy (non-hydrogen) atoms. The third-order valence-corrected chi connectivity index (χ3v) is 4.69. The molecule has 4 nitrogen and oxygen atoms in total. The van der Waals surface area contributed by atoms with E-state index in [0.717, 1.165) is 31.5 Å². The van der Waals surface area contributed by atoms with Gasteiger partial charge in [0.15, 0.2) is 9.04 Å². The lowest BCUT2D eigenvalue weighted by Crippen LogP contribution is -2.30. The lowest BCUT2D eigenvalue weighted by molar-refractivity contribution is 0.249. The molecule has 0 rings (SSSR count). The molecular weight excluding hydrogens is 196 g/mol. The topological polar surface area (TPSA) is 64.3 Å². The van der Waals surface area contributed by atoms with Crippen LogP contribution in [0.25, 0.3) is 0 Å². The molecule has 0 bridgehead atoms. The van der Waals surface area contributed by atoms with Gasteiger partial charge in [0.05, 0.1) is 0 Å². The Kier molecular flexibility index (Phi) is 8.66. The zero-order valence-corrected chi connectivity index (χ0v) is 10.4. The molecule has 0 radical (unpaired) electrons. The van der Waals surface area contributed by atoms with Crippen LogP contribution in [0.2, 0.25) is 12.1 Å². The Labute approximate surface area is 87.9 Å². The molecule has 5 heteroatoms. The molecule has 0 aromatic carbocycles. The molecule has 2 amide bonds. The summed E-state index contributed by atoms with van der Waals surface area (Å²) >= 11 is 0. The van der Waals surface area contributed by atoms with E-state index in [1.807, 2.05) is 0 Å². The SMILES string of the molecule is CCCO[SiH](CC)CCCNC(N)=O. The zero-order valence-electron chi connectivity index (χ0n) is 9.21. The van der Waals surface area contributed by atoms with E-state index in [9.17, 15) is 4.79 Å². The summed E-state index contributed by atoms with van der Waals surface area (Å²) in [4.78, 5) is 10.4. The van der Waals surface area contributed by atoms with E-state index in [1.165, 1.54) is 0 Å². The summed E-state index contributed by atoms with van der Waals surface area (Å²) in [6, 6.07) is 1.85. The summed E-state index contributed by atoms with van der Waals surface area (Å²) in [6.45, 7) is 5.85. The summed E-state index contributed by atoms with van der Waals surface area (Å²) in [6.07, 6.45) is 2.07. The van der Waals surface area contributed by atoms with Crippen LogP contribution in [-0.2, 0) is 4.43 Å². The van der Waals surface area contributed by atoms with Gasteiger partial charge in [0, 0.05) is 13.2 Å². The molecule has 0 aliphatic heterocycles. The first-order chi connectivity index (χ1) is 6.70. The quantitative estimate of drug-likeness (QED) is 0.475. The van der Waals surface area contributed by atoms with Gasteiger partial charge in [-0.15, -0.1) is 0 Å². The van der Waals surface area contributed by atoms with Crippen molar-refractivity contribution < 1.29 is 9.22 Å². The average Bonchev–Trinajstić information content (AvgIpc) is 2.16. The largest absolute Gasteiger partial charge is 0.420 e. The maximum atomic E-state index is 10.4. The minimum Gasteiger partial charge on any atom is -0.420 e. The van der Waals surface area contributed by atoms with Crippen molar-refractivity contribution in [1.29, 1.82) is 0 Å². The molecule has 1 atom stereocenters. The Morgan fingerprint density at radius 1 is 1.50 bits per heavy atom. The molecule has 0 spiro atoms. The van der Waals surface area contributed by atoms with Gasteiger partial charge in [0.1, 0.15) is 0 Å². The highest BCUT2D eigenvalue weighted by molar-refractivity contribution is 6.51. The van der Waals surface area contributed by atoms with E-state index in [4.69, 9.17) is 10.2 Å². The molecule has 0 fully saturated rings. The number of amides is 2. The Hall–Kier alpha value is -0.553. The Balaban J connectivity index is 3.37. The van der Waals surface area contributed by atoms with Crippen LogP contribution in [0.1, 0.15) is 26.7 Å². The highest BCUT2D eigenvalue weighted by atomic mass is 28.3. The number of hydrogen-bond donors (Lipinski definition) is 2. The Bertz CT molecular complexity index is 156. The van der Waals surface area contributed by atoms with Crippen LogP contribution >= 0.6 is 0 Å². The Morgan fingerprint density at radius 2 is 2.21 bits per heavy atom. The number of carbonyl (C=O) groups excluding carboxylic acids is 1. The summed E-state index contributed by atoms with van der Waals surface area (Å²) in [5.74, 6) is 0. The minimum absolute atomic E-state index is 0.436. The van der Waals surface area contributed by atoms with Crippen LogP contribution < -0.4 is 11.1 Å². The van der Waals surface area contributed by atoms with Gasteiger partial charge in [-0.2, -0.15) is 0 Å². The van der Waals surface area contributed by atoms with Crippen molar-refractivity contribution in [2.45, 2.75) is 38.8 Å². The van der Waals surface area contributed by atoms with Crippen molar-refractivity contribution in [2.24, 2.45) is 5.73 Å². The maximum absolute atomic E-state index is 10.4. The fourth-order valence-electron chi connectivity index (χ4n) is 1.23. The lowest BCUT2D eigenvalue weighted by atomic mass is 10.5. The number of carbonyl (C=O) groups is 1. The van der Waals surface area contributed by atoms with Crippen molar-refractivity contribution in [3.8, 4) is 0 Å². The second-order valence-corrected chi connectivity index (χ2v) is 6.31. The van der Waals surface area contributed by atoms with Crippen molar-refractivity contribution in [1.82, 2.24) is 5.32 Å². The monoisotopic (exact) mass is 218 g/mol. The van der Waals surface area contributed by atoms with Crippen LogP contribution in [-0.4, -0.2) is 28.2 Å². The molecule has 3 N–H and O–H groups in total. The summed E-state index contributed by atoms with van der Waals surface area (Å²) < 4.78 is 5.74. The molecule has 0 aliphatic rings. The first kappa shape index (κ1) is 13.4. The molecule has 0 aromatic heterocycles. The second-order valence-electron chi connectivity index (χ2n) is 3.33.